The molecular formula is C16H25F2N. The molecule has 0 aliphatic rings. The molecule has 0 aliphatic carbocycles. The Morgan fingerprint density at radius 1 is 1.26 bits per heavy atom. The molecule has 0 aromatic heterocycles. The summed E-state index contributed by atoms with van der Waals surface area (Å²) in [6, 6.07) is 3.86. The number of rotatable bonds is 7. The molecule has 1 aromatic carbocycles. The summed E-state index contributed by atoms with van der Waals surface area (Å²) in [4.78, 5) is 0. The molecular weight excluding hydrogens is 244 g/mol. The molecule has 19 heavy (non-hydrogen) atoms. The molecule has 0 radical (unpaired) electrons. The molecule has 1 unspecified atom stereocenters. The largest absolute Gasteiger partial charge is 0.316 e. The van der Waals surface area contributed by atoms with Crippen molar-refractivity contribution in [1.82, 2.24) is 5.32 Å². The van der Waals surface area contributed by atoms with Crippen molar-refractivity contribution in [3.05, 3.63) is 35.4 Å². The normalized spacial score (nSPS) is 14.7. The lowest BCUT2D eigenvalue weighted by Crippen LogP contribution is -2.38. The summed E-state index contributed by atoms with van der Waals surface area (Å²) in [5.74, 6) is -0.541. The van der Waals surface area contributed by atoms with Crippen molar-refractivity contribution in [2.75, 3.05) is 13.1 Å². The van der Waals surface area contributed by atoms with Crippen molar-refractivity contribution in [2.24, 2.45) is 11.3 Å². The summed E-state index contributed by atoms with van der Waals surface area (Å²) in [5, 5.41) is 3.41. The molecule has 108 valence electrons. The maximum Gasteiger partial charge on any atom is 0.129 e. The van der Waals surface area contributed by atoms with E-state index in [9.17, 15) is 8.78 Å². The molecule has 0 bridgehead atoms. The Hall–Kier alpha value is -0.960. The van der Waals surface area contributed by atoms with Gasteiger partial charge in [-0.2, -0.15) is 0 Å². The van der Waals surface area contributed by atoms with Gasteiger partial charge in [-0.05, 0) is 42.3 Å². The Kier molecular flexibility index (Phi) is 5.92. The fraction of sp³-hybridized carbons (Fsp3) is 0.625. The van der Waals surface area contributed by atoms with Crippen LogP contribution < -0.4 is 5.32 Å². The Labute approximate surface area is 115 Å². The molecule has 0 aliphatic heterocycles. The van der Waals surface area contributed by atoms with Gasteiger partial charge < -0.3 is 5.32 Å². The fourth-order valence-electron chi connectivity index (χ4n) is 2.12. The van der Waals surface area contributed by atoms with Crippen LogP contribution in [0.1, 0.15) is 39.7 Å². The van der Waals surface area contributed by atoms with Gasteiger partial charge in [-0.1, -0.05) is 33.8 Å². The molecule has 0 spiro atoms. The van der Waals surface area contributed by atoms with Gasteiger partial charge in [0.05, 0.1) is 0 Å². The van der Waals surface area contributed by atoms with Gasteiger partial charge in [0.2, 0.25) is 0 Å². The van der Waals surface area contributed by atoms with E-state index in [4.69, 9.17) is 0 Å². The molecule has 1 N–H and O–H groups in total. The summed E-state index contributed by atoms with van der Waals surface area (Å²) in [7, 11) is 0. The van der Waals surface area contributed by atoms with E-state index in [-0.39, 0.29) is 5.41 Å². The highest BCUT2D eigenvalue weighted by Crippen LogP contribution is 2.31. The van der Waals surface area contributed by atoms with E-state index in [0.29, 0.717) is 17.9 Å². The lowest BCUT2D eigenvalue weighted by molar-refractivity contribution is 0.205. The highest BCUT2D eigenvalue weighted by Gasteiger charge is 2.29. The first kappa shape index (κ1) is 16.1. The average molecular weight is 269 g/mol. The van der Waals surface area contributed by atoms with E-state index >= 15 is 0 Å². The van der Waals surface area contributed by atoms with E-state index in [1.54, 1.807) is 6.07 Å². The summed E-state index contributed by atoms with van der Waals surface area (Å²) < 4.78 is 26.7. The Balaban J connectivity index is 2.82. The molecule has 0 heterocycles. The van der Waals surface area contributed by atoms with Crippen molar-refractivity contribution in [3.63, 3.8) is 0 Å². The second-order valence-corrected chi connectivity index (χ2v) is 5.90. The van der Waals surface area contributed by atoms with Crippen LogP contribution in [0.4, 0.5) is 8.78 Å². The van der Waals surface area contributed by atoms with E-state index in [0.717, 1.165) is 25.6 Å². The predicted octanol–water partition coefficient (Wildman–Crippen LogP) is 4.17. The van der Waals surface area contributed by atoms with Crippen molar-refractivity contribution in [3.8, 4) is 0 Å². The first-order valence-electron chi connectivity index (χ1n) is 7.03. The minimum absolute atomic E-state index is 0.0339. The van der Waals surface area contributed by atoms with Crippen molar-refractivity contribution in [1.29, 1.82) is 0 Å². The van der Waals surface area contributed by atoms with Gasteiger partial charge in [-0.3, -0.25) is 0 Å². The first-order chi connectivity index (χ1) is 8.89. The third-order valence-corrected chi connectivity index (χ3v) is 3.96. The van der Waals surface area contributed by atoms with Gasteiger partial charge in [0.25, 0.3) is 0 Å². The highest BCUT2D eigenvalue weighted by atomic mass is 19.1. The fourth-order valence-corrected chi connectivity index (χ4v) is 2.12. The molecule has 0 amide bonds. The standard InChI is InChI=1S/C16H25F2N/c1-5-8-19-11-16(4,12(2)3)10-13-6-7-14(17)9-15(13)18/h6-7,9,12,19H,5,8,10-11H2,1-4H3. The third-order valence-electron chi connectivity index (χ3n) is 3.96. The minimum atomic E-state index is -0.517. The summed E-state index contributed by atoms with van der Waals surface area (Å²) >= 11 is 0. The van der Waals surface area contributed by atoms with E-state index < -0.39 is 11.6 Å². The van der Waals surface area contributed by atoms with Gasteiger partial charge in [0.15, 0.2) is 0 Å². The zero-order valence-corrected chi connectivity index (χ0v) is 12.4. The quantitative estimate of drug-likeness (QED) is 0.733. The van der Waals surface area contributed by atoms with Crippen LogP contribution in [-0.4, -0.2) is 13.1 Å². The van der Waals surface area contributed by atoms with Crippen LogP contribution in [-0.2, 0) is 6.42 Å². The van der Waals surface area contributed by atoms with Crippen LogP contribution >= 0.6 is 0 Å². The molecule has 1 aromatic rings. The topological polar surface area (TPSA) is 12.0 Å². The van der Waals surface area contributed by atoms with Crippen LogP contribution in [0.5, 0.6) is 0 Å². The van der Waals surface area contributed by atoms with E-state index in [1.165, 1.54) is 6.07 Å². The molecule has 0 saturated heterocycles. The first-order valence-corrected chi connectivity index (χ1v) is 7.03. The van der Waals surface area contributed by atoms with E-state index in [1.807, 2.05) is 0 Å². The number of hydrogen-bond acceptors (Lipinski definition) is 1. The molecule has 1 atom stereocenters. The number of benzene rings is 1. The van der Waals surface area contributed by atoms with Crippen LogP contribution in [0.25, 0.3) is 0 Å². The minimum Gasteiger partial charge on any atom is -0.316 e. The van der Waals surface area contributed by atoms with Crippen molar-refractivity contribution in [2.45, 2.75) is 40.5 Å². The molecule has 1 rings (SSSR count). The van der Waals surface area contributed by atoms with Gasteiger partial charge in [0, 0.05) is 12.6 Å². The van der Waals surface area contributed by atoms with Gasteiger partial charge in [0.1, 0.15) is 11.6 Å². The zero-order valence-electron chi connectivity index (χ0n) is 12.4. The van der Waals surface area contributed by atoms with Gasteiger partial charge in [-0.25, -0.2) is 8.78 Å². The second-order valence-electron chi connectivity index (χ2n) is 5.90. The van der Waals surface area contributed by atoms with Crippen LogP contribution in [0, 0.1) is 23.0 Å². The Morgan fingerprint density at radius 2 is 1.95 bits per heavy atom. The lowest BCUT2D eigenvalue weighted by Gasteiger charge is -2.34. The smallest absolute Gasteiger partial charge is 0.129 e. The number of halogens is 2. The maximum atomic E-state index is 13.8. The van der Waals surface area contributed by atoms with Crippen LogP contribution in [0.3, 0.4) is 0 Å². The molecule has 0 fully saturated rings. The SMILES string of the molecule is CCCNCC(C)(Cc1ccc(F)cc1F)C(C)C. The molecule has 0 saturated carbocycles. The molecule has 1 nitrogen and oxygen atoms in total. The van der Waals surface area contributed by atoms with Crippen molar-refractivity contribution >= 4 is 0 Å². The Bertz CT molecular complexity index is 404. The molecule has 3 heteroatoms. The summed E-state index contributed by atoms with van der Waals surface area (Å²) in [5.41, 5.74) is 0.560. The summed E-state index contributed by atoms with van der Waals surface area (Å²) in [6.07, 6.45) is 1.70. The predicted molar refractivity (Wildman–Crippen MR) is 76.2 cm³/mol. The highest BCUT2D eigenvalue weighted by molar-refractivity contribution is 5.20. The van der Waals surface area contributed by atoms with Crippen molar-refractivity contribution < 1.29 is 8.78 Å². The number of nitrogens with one attached hydrogen (secondary N) is 1. The lowest BCUT2D eigenvalue weighted by atomic mass is 9.74. The summed E-state index contributed by atoms with van der Waals surface area (Å²) in [6.45, 7) is 10.4. The maximum absolute atomic E-state index is 13.8. The van der Waals surface area contributed by atoms with Gasteiger partial charge >= 0.3 is 0 Å². The van der Waals surface area contributed by atoms with E-state index in [2.05, 4.69) is 33.0 Å². The van der Waals surface area contributed by atoms with Crippen LogP contribution in [0.15, 0.2) is 18.2 Å². The average Bonchev–Trinajstić information content (AvgIpc) is 2.33. The number of hydrogen-bond donors (Lipinski definition) is 1. The monoisotopic (exact) mass is 269 g/mol. The third kappa shape index (κ3) is 4.57. The van der Waals surface area contributed by atoms with Gasteiger partial charge in [-0.15, -0.1) is 0 Å². The second kappa shape index (κ2) is 6.99. The zero-order chi connectivity index (χ0) is 14.5. The Morgan fingerprint density at radius 3 is 2.47 bits per heavy atom. The van der Waals surface area contributed by atoms with Crippen LogP contribution in [0.2, 0.25) is 0 Å².